The van der Waals surface area contributed by atoms with Crippen LogP contribution in [0, 0.1) is 0 Å². The summed E-state index contributed by atoms with van der Waals surface area (Å²) in [6.07, 6.45) is 4.15. The van der Waals surface area contributed by atoms with Crippen LogP contribution in [0.4, 0.5) is 0 Å². The van der Waals surface area contributed by atoms with Gasteiger partial charge in [-0.1, -0.05) is 0 Å². The molecule has 0 aromatic heterocycles. The summed E-state index contributed by atoms with van der Waals surface area (Å²) in [5, 5.41) is 9.24. The van der Waals surface area contributed by atoms with Crippen molar-refractivity contribution >= 4 is 45.5 Å². The predicted octanol–water partition coefficient (Wildman–Crippen LogP) is 0.182. The van der Waals surface area contributed by atoms with E-state index in [0.717, 1.165) is 11.0 Å². The van der Waals surface area contributed by atoms with E-state index in [0.29, 0.717) is 17.7 Å². The first-order chi connectivity index (χ1) is 10.8. The molecule has 0 aliphatic carbocycles. The Morgan fingerprint density at radius 2 is 1.70 bits per heavy atom. The number of nitrogens with zero attached hydrogens (tertiary/aromatic N) is 2. The van der Waals surface area contributed by atoms with Gasteiger partial charge >= 0.3 is 5.97 Å². The normalized spacial score (nSPS) is 18.9. The maximum absolute atomic E-state index is 11.8. The maximum Gasteiger partial charge on any atom is 0.326 e. The Morgan fingerprint density at radius 1 is 1.09 bits per heavy atom. The molecule has 2 aliphatic heterocycles. The SMILES string of the molecule is O=C(O)[C@H](CCCCN1C(=O)C=CC1=O)N1C(=O)C=C(Br)C1=O. The number of aliphatic carboxylic acids is 1. The average molecular weight is 385 g/mol. The lowest BCUT2D eigenvalue weighted by Gasteiger charge is -2.23. The van der Waals surface area contributed by atoms with Gasteiger partial charge in [0.1, 0.15) is 6.04 Å². The molecule has 9 heteroatoms. The first kappa shape index (κ1) is 17.1. The zero-order valence-corrected chi connectivity index (χ0v) is 13.5. The van der Waals surface area contributed by atoms with Crippen LogP contribution in [0.2, 0.25) is 0 Å². The number of carboxylic acid groups (broad SMARTS) is 1. The van der Waals surface area contributed by atoms with Crippen molar-refractivity contribution in [1.29, 1.82) is 0 Å². The lowest BCUT2D eigenvalue weighted by Crippen LogP contribution is -2.45. The van der Waals surface area contributed by atoms with E-state index in [-0.39, 0.29) is 17.4 Å². The van der Waals surface area contributed by atoms with E-state index in [2.05, 4.69) is 15.9 Å². The Balaban J connectivity index is 1.88. The second-order valence-corrected chi connectivity index (χ2v) is 5.87. The number of carbonyl (C=O) groups excluding carboxylic acids is 4. The van der Waals surface area contributed by atoms with E-state index >= 15 is 0 Å². The third-order valence-corrected chi connectivity index (χ3v) is 4.09. The quantitative estimate of drug-likeness (QED) is 0.494. The van der Waals surface area contributed by atoms with Crippen molar-refractivity contribution < 1.29 is 29.1 Å². The molecular weight excluding hydrogens is 372 g/mol. The monoisotopic (exact) mass is 384 g/mol. The number of carbonyl (C=O) groups is 5. The van der Waals surface area contributed by atoms with Gasteiger partial charge in [0.15, 0.2) is 0 Å². The lowest BCUT2D eigenvalue weighted by atomic mass is 10.1. The molecule has 0 unspecified atom stereocenters. The van der Waals surface area contributed by atoms with Crippen molar-refractivity contribution in [2.75, 3.05) is 6.54 Å². The second kappa shape index (κ2) is 6.86. The molecular formula is C14H13BrN2O6. The highest BCUT2D eigenvalue weighted by Gasteiger charge is 2.38. The van der Waals surface area contributed by atoms with Gasteiger partial charge in [0.25, 0.3) is 23.6 Å². The zero-order valence-electron chi connectivity index (χ0n) is 11.9. The highest BCUT2D eigenvalue weighted by Crippen LogP contribution is 2.23. The van der Waals surface area contributed by atoms with Crippen molar-refractivity contribution in [1.82, 2.24) is 9.80 Å². The number of unbranched alkanes of at least 4 members (excludes halogenated alkanes) is 1. The van der Waals surface area contributed by atoms with E-state index in [1.54, 1.807) is 0 Å². The fourth-order valence-electron chi connectivity index (χ4n) is 2.37. The Bertz CT molecular complexity index is 636. The topological polar surface area (TPSA) is 112 Å². The van der Waals surface area contributed by atoms with E-state index in [1.807, 2.05) is 0 Å². The molecule has 0 aromatic carbocycles. The van der Waals surface area contributed by atoms with Gasteiger partial charge in [-0.3, -0.25) is 29.0 Å². The molecule has 1 atom stereocenters. The smallest absolute Gasteiger partial charge is 0.326 e. The fourth-order valence-corrected chi connectivity index (χ4v) is 2.76. The van der Waals surface area contributed by atoms with Gasteiger partial charge in [0, 0.05) is 24.8 Å². The zero-order chi connectivity index (χ0) is 17.1. The number of imide groups is 2. The molecule has 0 saturated heterocycles. The molecule has 2 heterocycles. The molecule has 4 amide bonds. The van der Waals surface area contributed by atoms with Crippen molar-refractivity contribution in [3.05, 3.63) is 22.7 Å². The maximum atomic E-state index is 11.8. The fraction of sp³-hybridized carbons (Fsp3) is 0.357. The van der Waals surface area contributed by atoms with Gasteiger partial charge in [0.05, 0.1) is 4.48 Å². The minimum absolute atomic E-state index is 0.0214. The summed E-state index contributed by atoms with van der Waals surface area (Å²) in [5.74, 6) is -3.44. The Labute approximate surface area is 139 Å². The number of hydrogen-bond acceptors (Lipinski definition) is 5. The summed E-state index contributed by atoms with van der Waals surface area (Å²) >= 11 is 2.91. The van der Waals surface area contributed by atoms with Crippen molar-refractivity contribution in [2.45, 2.75) is 25.3 Å². The van der Waals surface area contributed by atoms with Gasteiger partial charge in [0.2, 0.25) is 0 Å². The molecule has 0 radical (unpaired) electrons. The molecule has 0 fully saturated rings. The van der Waals surface area contributed by atoms with E-state index < -0.39 is 35.6 Å². The largest absolute Gasteiger partial charge is 0.480 e. The molecule has 2 aliphatic rings. The third kappa shape index (κ3) is 3.55. The average Bonchev–Trinajstić information content (AvgIpc) is 2.92. The van der Waals surface area contributed by atoms with Crippen molar-refractivity contribution in [3.8, 4) is 0 Å². The van der Waals surface area contributed by atoms with Crippen LogP contribution in [-0.4, -0.2) is 57.1 Å². The lowest BCUT2D eigenvalue weighted by molar-refractivity contribution is -0.153. The highest BCUT2D eigenvalue weighted by atomic mass is 79.9. The summed E-state index contributed by atoms with van der Waals surface area (Å²) in [7, 11) is 0. The second-order valence-electron chi connectivity index (χ2n) is 5.02. The van der Waals surface area contributed by atoms with Crippen LogP contribution in [0.25, 0.3) is 0 Å². The van der Waals surface area contributed by atoms with Gasteiger partial charge in [-0.05, 0) is 35.2 Å². The first-order valence-electron chi connectivity index (χ1n) is 6.84. The van der Waals surface area contributed by atoms with Crippen molar-refractivity contribution in [2.24, 2.45) is 0 Å². The molecule has 0 saturated carbocycles. The van der Waals surface area contributed by atoms with Crippen molar-refractivity contribution in [3.63, 3.8) is 0 Å². The van der Waals surface area contributed by atoms with Gasteiger partial charge in [-0.2, -0.15) is 0 Å². The Kier molecular flexibility index (Phi) is 5.09. The van der Waals surface area contributed by atoms with Crippen LogP contribution in [0.1, 0.15) is 19.3 Å². The standard InChI is InChI=1S/C14H13BrN2O6/c15-8-7-12(20)17(13(8)21)9(14(22)23)3-1-2-6-16-10(18)4-5-11(16)19/h4-5,7,9H,1-3,6H2,(H,22,23)/t9-/m0/s1. The molecule has 2 rings (SSSR count). The molecule has 0 aromatic rings. The molecule has 23 heavy (non-hydrogen) atoms. The van der Waals surface area contributed by atoms with Gasteiger partial charge in [-0.15, -0.1) is 0 Å². The van der Waals surface area contributed by atoms with Crippen LogP contribution in [0.15, 0.2) is 22.7 Å². The Morgan fingerprint density at radius 3 is 2.17 bits per heavy atom. The van der Waals surface area contributed by atoms with Crippen LogP contribution in [0.5, 0.6) is 0 Å². The van der Waals surface area contributed by atoms with E-state index in [4.69, 9.17) is 0 Å². The number of carboxylic acids is 1. The van der Waals surface area contributed by atoms with Crippen LogP contribution < -0.4 is 0 Å². The summed E-state index contributed by atoms with van der Waals surface area (Å²) in [6.45, 7) is 0.168. The summed E-state index contributed by atoms with van der Waals surface area (Å²) in [6, 6.07) is -1.27. The molecule has 122 valence electrons. The summed E-state index contributed by atoms with van der Waals surface area (Å²) < 4.78 is 0.0214. The van der Waals surface area contributed by atoms with Crippen LogP contribution >= 0.6 is 15.9 Å². The highest BCUT2D eigenvalue weighted by molar-refractivity contribution is 9.12. The minimum Gasteiger partial charge on any atom is -0.480 e. The Hall–Kier alpha value is -2.29. The molecule has 8 nitrogen and oxygen atoms in total. The minimum atomic E-state index is -1.28. The molecule has 1 N–H and O–H groups in total. The van der Waals surface area contributed by atoms with Gasteiger partial charge < -0.3 is 5.11 Å². The predicted molar refractivity (Wildman–Crippen MR) is 80.0 cm³/mol. The van der Waals surface area contributed by atoms with E-state index in [9.17, 15) is 29.1 Å². The summed E-state index contributed by atoms with van der Waals surface area (Å²) in [4.78, 5) is 59.3. The molecule has 0 bridgehead atoms. The number of hydrogen-bond donors (Lipinski definition) is 1. The summed E-state index contributed by atoms with van der Waals surface area (Å²) in [5.41, 5.74) is 0. The van der Waals surface area contributed by atoms with Gasteiger partial charge in [-0.25, -0.2) is 4.79 Å². The molecule has 0 spiro atoms. The number of rotatable bonds is 7. The van der Waals surface area contributed by atoms with Crippen LogP contribution in [-0.2, 0) is 24.0 Å². The number of halogens is 1. The van der Waals surface area contributed by atoms with Crippen LogP contribution in [0.3, 0.4) is 0 Å². The number of amides is 4. The first-order valence-corrected chi connectivity index (χ1v) is 7.63. The third-order valence-electron chi connectivity index (χ3n) is 3.52. The van der Waals surface area contributed by atoms with E-state index in [1.165, 1.54) is 12.2 Å².